The second-order valence-corrected chi connectivity index (χ2v) is 5.68. The molecule has 0 aliphatic rings. The van der Waals surface area contributed by atoms with Gasteiger partial charge >= 0.3 is 0 Å². The summed E-state index contributed by atoms with van der Waals surface area (Å²) >= 11 is 0. The van der Waals surface area contributed by atoms with Crippen LogP contribution in [0.15, 0.2) is 54.6 Å². The second kappa shape index (κ2) is 5.18. The zero-order chi connectivity index (χ0) is 11.4. The molecule has 0 spiro atoms. The minimum atomic E-state index is -0.322. The van der Waals surface area contributed by atoms with E-state index in [0.29, 0.717) is 0 Å². The van der Waals surface area contributed by atoms with E-state index in [4.69, 9.17) is 4.74 Å². The molecule has 0 fully saturated rings. The van der Waals surface area contributed by atoms with Crippen LogP contribution in [0.25, 0.3) is 0 Å². The highest BCUT2D eigenvalue weighted by molar-refractivity contribution is 7.94. The van der Waals surface area contributed by atoms with Gasteiger partial charge in [0.1, 0.15) is 13.3 Å². The lowest BCUT2D eigenvalue weighted by molar-refractivity contribution is 0.418. The standard InChI is InChI=1S/C13H14BOP/c1-15-12-9-5-6-10-13(12)16(14)11-7-3-2-4-8-11/h2-10H,14H2,1H3. The topological polar surface area (TPSA) is 9.23 Å². The highest BCUT2D eigenvalue weighted by Crippen LogP contribution is 2.31. The first-order chi connectivity index (χ1) is 7.83. The monoisotopic (exact) mass is 228 g/mol. The molecule has 0 heterocycles. The third-order valence-electron chi connectivity index (χ3n) is 2.59. The van der Waals surface area contributed by atoms with Crippen LogP contribution in [0.1, 0.15) is 0 Å². The number of rotatable bonds is 3. The molecule has 2 aromatic carbocycles. The summed E-state index contributed by atoms with van der Waals surface area (Å²) in [6.45, 7) is 0. The first-order valence-electron chi connectivity index (χ1n) is 5.24. The van der Waals surface area contributed by atoms with Crippen LogP contribution in [0.4, 0.5) is 0 Å². The molecule has 0 radical (unpaired) electrons. The van der Waals surface area contributed by atoms with Crippen LogP contribution in [0, 0.1) is 0 Å². The van der Waals surface area contributed by atoms with Gasteiger partial charge in [-0.15, -0.1) is 0 Å². The minimum absolute atomic E-state index is 0.322. The summed E-state index contributed by atoms with van der Waals surface area (Å²) in [5.74, 6) is 0.986. The Balaban J connectivity index is 2.37. The van der Waals surface area contributed by atoms with E-state index in [1.807, 2.05) is 12.1 Å². The highest BCUT2D eigenvalue weighted by atomic mass is 31.1. The van der Waals surface area contributed by atoms with Crippen molar-refractivity contribution in [3.63, 3.8) is 0 Å². The van der Waals surface area contributed by atoms with Crippen molar-refractivity contribution in [2.75, 3.05) is 7.11 Å². The summed E-state index contributed by atoms with van der Waals surface area (Å²) in [5, 5.41) is 2.67. The van der Waals surface area contributed by atoms with E-state index in [9.17, 15) is 0 Å². The Kier molecular flexibility index (Phi) is 3.64. The van der Waals surface area contributed by atoms with E-state index >= 15 is 0 Å². The van der Waals surface area contributed by atoms with Crippen molar-refractivity contribution in [2.24, 2.45) is 0 Å². The molecule has 0 N–H and O–H groups in total. The Bertz CT molecular complexity index is 458. The van der Waals surface area contributed by atoms with Gasteiger partial charge in [0, 0.05) is 5.30 Å². The molecular weight excluding hydrogens is 214 g/mol. The van der Waals surface area contributed by atoms with Gasteiger partial charge in [-0.25, -0.2) is 0 Å². The van der Waals surface area contributed by atoms with Crippen LogP contribution in [0.3, 0.4) is 0 Å². The molecule has 1 unspecified atom stereocenters. The average molecular weight is 228 g/mol. The van der Waals surface area contributed by atoms with Gasteiger partial charge in [-0.3, -0.25) is 0 Å². The van der Waals surface area contributed by atoms with Gasteiger partial charge in [-0.1, -0.05) is 56.3 Å². The summed E-state index contributed by atoms with van der Waals surface area (Å²) in [4.78, 5) is 0. The normalized spacial score (nSPS) is 12.1. The molecule has 0 saturated heterocycles. The Labute approximate surface area is 98.6 Å². The maximum absolute atomic E-state index is 5.40. The highest BCUT2D eigenvalue weighted by Gasteiger charge is 2.11. The molecule has 0 amide bonds. The number of para-hydroxylation sites is 1. The van der Waals surface area contributed by atoms with E-state index in [1.165, 1.54) is 10.6 Å². The quantitative estimate of drug-likeness (QED) is 0.573. The molecule has 1 nitrogen and oxygen atoms in total. The van der Waals surface area contributed by atoms with E-state index < -0.39 is 0 Å². The molecule has 0 aliphatic heterocycles. The van der Waals surface area contributed by atoms with Crippen LogP contribution in [0.2, 0.25) is 0 Å². The van der Waals surface area contributed by atoms with Gasteiger partial charge in [0.25, 0.3) is 0 Å². The van der Waals surface area contributed by atoms with E-state index in [1.54, 1.807) is 7.11 Å². The first-order valence-corrected chi connectivity index (χ1v) is 7.03. The number of hydrogen-bond acceptors (Lipinski definition) is 1. The van der Waals surface area contributed by atoms with Gasteiger partial charge in [0.2, 0.25) is 0 Å². The lowest BCUT2D eigenvalue weighted by Crippen LogP contribution is -2.13. The predicted molar refractivity (Wildman–Crippen MR) is 74.2 cm³/mol. The van der Waals surface area contributed by atoms with Gasteiger partial charge in [-0.05, 0) is 11.4 Å². The maximum Gasteiger partial charge on any atom is 0.145 e. The molecule has 2 aromatic rings. The smallest absolute Gasteiger partial charge is 0.145 e. The fourth-order valence-electron chi connectivity index (χ4n) is 1.70. The number of methoxy groups -OCH3 is 1. The zero-order valence-corrected chi connectivity index (χ0v) is 10.4. The predicted octanol–water partition coefficient (Wildman–Crippen LogP) is 1.68. The Morgan fingerprint density at radius 3 is 2.25 bits per heavy atom. The van der Waals surface area contributed by atoms with E-state index in [-0.39, 0.29) is 7.80 Å². The van der Waals surface area contributed by atoms with Gasteiger partial charge in [0.05, 0.1) is 7.11 Å². The molecule has 3 heteroatoms. The lowest BCUT2D eigenvalue weighted by Gasteiger charge is -2.16. The van der Waals surface area contributed by atoms with Crippen molar-refractivity contribution < 1.29 is 4.74 Å². The molecule has 1 atom stereocenters. The van der Waals surface area contributed by atoms with Crippen LogP contribution >= 0.6 is 7.80 Å². The van der Waals surface area contributed by atoms with Crippen LogP contribution < -0.4 is 15.3 Å². The Morgan fingerprint density at radius 1 is 0.938 bits per heavy atom. The van der Waals surface area contributed by atoms with Crippen molar-refractivity contribution in [2.45, 2.75) is 0 Å². The molecular formula is C13H14BOP. The third kappa shape index (κ3) is 2.28. The fraction of sp³-hybridized carbons (Fsp3) is 0.0769. The molecule has 16 heavy (non-hydrogen) atoms. The van der Waals surface area contributed by atoms with Crippen molar-refractivity contribution in [1.82, 2.24) is 0 Å². The number of hydrogen-bond donors (Lipinski definition) is 0. The van der Waals surface area contributed by atoms with Crippen molar-refractivity contribution in [3.05, 3.63) is 54.6 Å². The Morgan fingerprint density at radius 2 is 1.56 bits per heavy atom. The summed E-state index contributed by atoms with van der Waals surface area (Å²) in [7, 11) is 3.67. The van der Waals surface area contributed by atoms with Crippen LogP contribution in [-0.2, 0) is 0 Å². The Hall–Kier alpha value is -1.27. The van der Waals surface area contributed by atoms with Crippen LogP contribution in [0.5, 0.6) is 5.75 Å². The van der Waals surface area contributed by atoms with E-state index in [2.05, 4.69) is 50.0 Å². The minimum Gasteiger partial charge on any atom is -0.496 e. The van der Waals surface area contributed by atoms with Crippen LogP contribution in [-0.4, -0.2) is 14.7 Å². The van der Waals surface area contributed by atoms with Crippen molar-refractivity contribution >= 4 is 26.0 Å². The van der Waals surface area contributed by atoms with Gasteiger partial charge < -0.3 is 4.74 Å². The number of benzene rings is 2. The average Bonchev–Trinajstić information content (AvgIpc) is 2.39. The summed E-state index contributed by atoms with van der Waals surface area (Å²) in [5.41, 5.74) is 0. The second-order valence-electron chi connectivity index (χ2n) is 3.57. The largest absolute Gasteiger partial charge is 0.496 e. The first kappa shape index (κ1) is 11.2. The third-order valence-corrected chi connectivity index (χ3v) is 4.75. The number of ether oxygens (including phenoxy) is 1. The van der Waals surface area contributed by atoms with Gasteiger partial charge in [-0.2, -0.15) is 0 Å². The molecule has 0 saturated carbocycles. The molecule has 80 valence electrons. The molecule has 2 rings (SSSR count). The molecule has 0 bridgehead atoms. The molecule has 0 aliphatic carbocycles. The van der Waals surface area contributed by atoms with E-state index in [0.717, 1.165) is 5.75 Å². The lowest BCUT2D eigenvalue weighted by atomic mass is 10.3. The molecule has 0 aromatic heterocycles. The summed E-state index contributed by atoms with van der Waals surface area (Å²) in [6, 6.07) is 18.8. The maximum atomic E-state index is 5.40. The van der Waals surface area contributed by atoms with Crippen molar-refractivity contribution in [3.8, 4) is 5.75 Å². The van der Waals surface area contributed by atoms with Crippen molar-refractivity contribution in [1.29, 1.82) is 0 Å². The van der Waals surface area contributed by atoms with Gasteiger partial charge in [0.15, 0.2) is 0 Å². The fourth-order valence-corrected chi connectivity index (χ4v) is 3.40. The summed E-state index contributed by atoms with van der Waals surface area (Å²) < 4.78 is 5.40. The summed E-state index contributed by atoms with van der Waals surface area (Å²) in [6.07, 6.45) is 0. The SMILES string of the molecule is BP(c1ccccc1)c1ccccc1OC. The zero-order valence-electron chi connectivity index (χ0n) is 9.55.